The topological polar surface area (TPSA) is 26.3 Å². The summed E-state index contributed by atoms with van der Waals surface area (Å²) in [6, 6.07) is 42.0. The zero-order valence-corrected chi connectivity index (χ0v) is 23.3. The molecule has 6 aromatic carbocycles. The van der Waals surface area contributed by atoms with Gasteiger partial charge in [0.1, 0.15) is 0 Å². The molecule has 0 atom stereocenters. The highest BCUT2D eigenvalue weighted by Crippen LogP contribution is 2.49. The fourth-order valence-corrected chi connectivity index (χ4v) is 8.01. The minimum Gasteiger partial charge on any atom is -0.407 e. The van der Waals surface area contributed by atoms with E-state index in [9.17, 15) is 0 Å². The number of fused-ring (bicyclic) bond motifs is 7. The molecule has 0 aliphatic heterocycles. The standard InChI is InChI=1S/C32H20ClO2PS2/c33-36-34-31-27(37-23-13-3-1-4-14-23)19-21-11-7-9-17-25(21)29(31)30-26-18-10-8-12-22(26)20-28(32(30)35-36)38-24-15-5-2-6-16-24/h1-20H. The van der Waals surface area contributed by atoms with Crippen molar-refractivity contribution in [3.63, 3.8) is 0 Å². The number of benzene rings is 6. The molecule has 6 heteroatoms. The zero-order chi connectivity index (χ0) is 25.5. The SMILES string of the molecule is Clp1oc2c(Sc3ccccc3)cc3ccccc3c2c2c(o1)c(Sc1ccccc1)cc1ccccc12. The number of hydrogen-bond donors (Lipinski definition) is 0. The zero-order valence-electron chi connectivity index (χ0n) is 20.0. The maximum atomic E-state index is 6.83. The molecule has 184 valence electrons. The van der Waals surface area contributed by atoms with Crippen LogP contribution in [0.1, 0.15) is 0 Å². The van der Waals surface area contributed by atoms with Crippen molar-refractivity contribution in [3.8, 4) is 0 Å². The molecule has 0 unspecified atom stereocenters. The summed E-state index contributed by atoms with van der Waals surface area (Å²) in [6.07, 6.45) is 0. The third kappa shape index (κ3) is 4.38. The summed E-state index contributed by atoms with van der Waals surface area (Å²) in [5.74, 6) is 0. The van der Waals surface area contributed by atoms with Gasteiger partial charge in [-0.1, -0.05) is 108 Å². The smallest absolute Gasteiger partial charge is 0.327 e. The average molecular weight is 567 g/mol. The quantitative estimate of drug-likeness (QED) is 0.212. The van der Waals surface area contributed by atoms with Crippen LogP contribution >= 0.6 is 42.1 Å². The van der Waals surface area contributed by atoms with Gasteiger partial charge >= 0.3 is 7.37 Å². The fourth-order valence-electron chi connectivity index (χ4n) is 4.83. The van der Waals surface area contributed by atoms with E-state index in [-0.39, 0.29) is 0 Å². The molecule has 1 aromatic heterocycles. The Morgan fingerprint density at radius 1 is 0.500 bits per heavy atom. The van der Waals surface area contributed by atoms with Crippen molar-refractivity contribution < 1.29 is 8.39 Å². The summed E-state index contributed by atoms with van der Waals surface area (Å²) in [7, 11) is -1.74. The summed E-state index contributed by atoms with van der Waals surface area (Å²) < 4.78 is 13.0. The molecule has 7 rings (SSSR count). The Labute approximate surface area is 233 Å². The van der Waals surface area contributed by atoms with E-state index in [1.165, 1.54) is 0 Å². The van der Waals surface area contributed by atoms with Crippen LogP contribution in [0.2, 0.25) is 0 Å². The Morgan fingerprint density at radius 3 is 1.34 bits per heavy atom. The van der Waals surface area contributed by atoms with Crippen molar-refractivity contribution in [2.45, 2.75) is 19.6 Å². The molecule has 0 spiro atoms. The van der Waals surface area contributed by atoms with Crippen LogP contribution in [0.4, 0.5) is 0 Å². The molecule has 0 saturated carbocycles. The molecule has 0 N–H and O–H groups in total. The summed E-state index contributed by atoms with van der Waals surface area (Å²) in [4.78, 5) is 4.30. The lowest BCUT2D eigenvalue weighted by molar-refractivity contribution is 0.648. The monoisotopic (exact) mass is 566 g/mol. The van der Waals surface area contributed by atoms with E-state index in [1.54, 1.807) is 23.5 Å². The largest absolute Gasteiger partial charge is 0.407 e. The minimum atomic E-state index is -1.74. The van der Waals surface area contributed by atoms with E-state index in [0.29, 0.717) is 0 Å². The maximum Gasteiger partial charge on any atom is 0.327 e. The predicted molar refractivity (Wildman–Crippen MR) is 164 cm³/mol. The first-order chi connectivity index (χ1) is 18.7. The first kappa shape index (κ1) is 23.8. The van der Waals surface area contributed by atoms with E-state index >= 15 is 0 Å². The normalized spacial score (nSPS) is 11.5. The lowest BCUT2D eigenvalue weighted by atomic mass is 9.98. The van der Waals surface area contributed by atoms with Crippen LogP contribution in [-0.4, -0.2) is 0 Å². The second kappa shape index (κ2) is 10.1. The van der Waals surface area contributed by atoms with Gasteiger partial charge in [0.05, 0.1) is 9.79 Å². The van der Waals surface area contributed by atoms with E-state index in [0.717, 1.165) is 63.1 Å². The molecule has 0 aliphatic carbocycles. The van der Waals surface area contributed by atoms with Gasteiger partial charge in [-0.25, -0.2) is 0 Å². The highest BCUT2D eigenvalue weighted by molar-refractivity contribution is 7.99. The van der Waals surface area contributed by atoms with Crippen LogP contribution in [0.3, 0.4) is 0 Å². The van der Waals surface area contributed by atoms with Gasteiger partial charge < -0.3 is 8.39 Å². The van der Waals surface area contributed by atoms with Crippen LogP contribution in [0.25, 0.3) is 43.5 Å². The Bertz CT molecular complexity index is 1850. The Balaban J connectivity index is 1.67. The highest BCUT2D eigenvalue weighted by atomic mass is 35.7. The predicted octanol–water partition coefficient (Wildman–Crippen LogP) is 11.9. The second-order valence-corrected chi connectivity index (χ2v) is 12.7. The van der Waals surface area contributed by atoms with E-state index < -0.39 is 7.37 Å². The summed E-state index contributed by atoms with van der Waals surface area (Å²) in [5.41, 5.74) is 1.54. The van der Waals surface area contributed by atoms with Crippen LogP contribution < -0.4 is 0 Å². The molecule has 0 bridgehead atoms. The summed E-state index contributed by atoms with van der Waals surface area (Å²) in [6.45, 7) is 0. The van der Waals surface area contributed by atoms with Gasteiger partial charge in [0.15, 0.2) is 11.2 Å². The maximum absolute atomic E-state index is 6.83. The van der Waals surface area contributed by atoms with Gasteiger partial charge in [0, 0.05) is 31.8 Å². The Kier molecular flexibility index (Phi) is 6.35. The van der Waals surface area contributed by atoms with Crippen LogP contribution in [0.15, 0.2) is 149 Å². The average Bonchev–Trinajstić information content (AvgIpc) is 3.11. The van der Waals surface area contributed by atoms with Crippen LogP contribution in [-0.2, 0) is 0 Å². The third-order valence-corrected chi connectivity index (χ3v) is 9.58. The van der Waals surface area contributed by atoms with Crippen molar-refractivity contribution in [2.24, 2.45) is 0 Å². The van der Waals surface area contributed by atoms with Crippen molar-refractivity contribution in [3.05, 3.63) is 121 Å². The van der Waals surface area contributed by atoms with Crippen molar-refractivity contribution >= 4 is 85.6 Å². The van der Waals surface area contributed by atoms with Crippen LogP contribution in [0, 0.1) is 0 Å². The lowest BCUT2D eigenvalue weighted by Crippen LogP contribution is -1.85. The molecule has 0 saturated heterocycles. The molecule has 0 radical (unpaired) electrons. The highest BCUT2D eigenvalue weighted by Gasteiger charge is 2.19. The fraction of sp³-hybridized carbons (Fsp3) is 0. The molecule has 2 nitrogen and oxygen atoms in total. The molecule has 7 aromatic rings. The summed E-state index contributed by atoms with van der Waals surface area (Å²) >= 11 is 10.2. The van der Waals surface area contributed by atoms with E-state index in [2.05, 4.69) is 109 Å². The van der Waals surface area contributed by atoms with Gasteiger partial charge in [-0.05, 0) is 57.9 Å². The van der Waals surface area contributed by atoms with Crippen molar-refractivity contribution in [2.75, 3.05) is 0 Å². The first-order valence-corrected chi connectivity index (χ1v) is 15.9. The van der Waals surface area contributed by atoms with Gasteiger partial charge in [-0.15, -0.1) is 0 Å². The molecule has 38 heavy (non-hydrogen) atoms. The molecular formula is C32H20ClO2PS2. The molecular weight excluding hydrogens is 547 g/mol. The molecule has 0 fully saturated rings. The van der Waals surface area contributed by atoms with Gasteiger partial charge in [0.2, 0.25) is 0 Å². The second-order valence-electron chi connectivity index (χ2n) is 8.83. The van der Waals surface area contributed by atoms with Crippen LogP contribution in [0.5, 0.6) is 0 Å². The molecule has 0 aliphatic rings. The number of hydrogen-bond acceptors (Lipinski definition) is 4. The van der Waals surface area contributed by atoms with Gasteiger partial charge in [-0.3, -0.25) is 0 Å². The first-order valence-electron chi connectivity index (χ1n) is 12.1. The lowest BCUT2D eigenvalue weighted by Gasteiger charge is -2.11. The van der Waals surface area contributed by atoms with E-state index in [4.69, 9.17) is 19.6 Å². The van der Waals surface area contributed by atoms with Crippen molar-refractivity contribution in [1.29, 1.82) is 0 Å². The van der Waals surface area contributed by atoms with E-state index in [1.807, 2.05) is 12.1 Å². The molecule has 1 heterocycles. The minimum absolute atomic E-state index is 0.768. The number of halogens is 1. The third-order valence-electron chi connectivity index (χ3n) is 6.45. The Morgan fingerprint density at radius 2 is 0.895 bits per heavy atom. The molecule has 0 amide bonds. The Hall–Kier alpha value is -3.27. The summed E-state index contributed by atoms with van der Waals surface area (Å²) in [5, 5.41) is 6.55. The van der Waals surface area contributed by atoms with Crippen molar-refractivity contribution in [1.82, 2.24) is 0 Å². The number of rotatable bonds is 4. The van der Waals surface area contributed by atoms with Gasteiger partial charge in [0.25, 0.3) is 0 Å². The van der Waals surface area contributed by atoms with Gasteiger partial charge in [-0.2, -0.15) is 0 Å².